The minimum Gasteiger partial charge on any atom is -0.497 e. The summed E-state index contributed by atoms with van der Waals surface area (Å²) >= 11 is 0. The first kappa shape index (κ1) is 23.9. The van der Waals surface area contributed by atoms with Crippen molar-refractivity contribution < 1.29 is 19.1 Å². The summed E-state index contributed by atoms with van der Waals surface area (Å²) in [5.41, 5.74) is 7.28. The summed E-state index contributed by atoms with van der Waals surface area (Å²) in [6.07, 6.45) is 0.111. The van der Waals surface area contributed by atoms with Crippen molar-refractivity contribution in [3.63, 3.8) is 0 Å². The number of ether oxygens (including phenoxy) is 2. The van der Waals surface area contributed by atoms with Gasteiger partial charge in [-0.05, 0) is 54.1 Å². The number of rotatable bonds is 8. The lowest BCUT2D eigenvalue weighted by atomic mass is 10.0. The molecule has 3 amide bonds. The van der Waals surface area contributed by atoms with Gasteiger partial charge in [-0.25, -0.2) is 4.79 Å². The van der Waals surface area contributed by atoms with Crippen molar-refractivity contribution in [3.8, 4) is 17.2 Å². The van der Waals surface area contributed by atoms with Gasteiger partial charge in [-0.3, -0.25) is 4.79 Å². The number of para-hydroxylation sites is 1. The molecule has 1 heterocycles. The molecular weight excluding hydrogens is 444 g/mol. The zero-order valence-electron chi connectivity index (χ0n) is 19.7. The fraction of sp³-hybridized carbons (Fsp3) is 0.259. The second-order valence-electron chi connectivity index (χ2n) is 8.32. The first-order valence-corrected chi connectivity index (χ1v) is 11.6. The van der Waals surface area contributed by atoms with Crippen molar-refractivity contribution in [1.29, 1.82) is 0 Å². The normalized spacial score (nSPS) is 14.2. The molecular formula is C27H30N4O4. The van der Waals surface area contributed by atoms with E-state index in [1.54, 1.807) is 7.11 Å². The van der Waals surface area contributed by atoms with Gasteiger partial charge in [-0.1, -0.05) is 30.3 Å². The molecule has 0 radical (unpaired) electrons. The second kappa shape index (κ2) is 11.3. The van der Waals surface area contributed by atoms with E-state index in [1.165, 1.54) is 0 Å². The second-order valence-corrected chi connectivity index (χ2v) is 8.32. The maximum Gasteiger partial charge on any atom is 0.312 e. The summed E-state index contributed by atoms with van der Waals surface area (Å²) in [7, 11) is 1.65. The van der Waals surface area contributed by atoms with Gasteiger partial charge in [0.15, 0.2) is 0 Å². The highest BCUT2D eigenvalue weighted by atomic mass is 16.5. The number of hydrogen-bond acceptors (Lipinski definition) is 5. The average Bonchev–Trinajstić information content (AvgIpc) is 2.89. The Morgan fingerprint density at radius 3 is 2.23 bits per heavy atom. The number of amides is 3. The molecule has 182 valence electrons. The molecule has 0 bridgehead atoms. The monoisotopic (exact) mass is 474 g/mol. The van der Waals surface area contributed by atoms with E-state index in [1.807, 2.05) is 83.8 Å². The number of methoxy groups -OCH3 is 1. The third kappa shape index (κ3) is 6.44. The number of hydrogen-bond donors (Lipinski definition) is 2. The Hall–Kier alpha value is -4.20. The number of carbonyl (C=O) groups is 2. The minimum absolute atomic E-state index is 0.0347. The Labute approximate surface area is 205 Å². The molecule has 1 aliphatic heterocycles. The molecule has 3 aromatic carbocycles. The van der Waals surface area contributed by atoms with E-state index < -0.39 is 12.1 Å². The number of nitrogens with zero attached hydrogens (tertiary/aromatic N) is 2. The summed E-state index contributed by atoms with van der Waals surface area (Å²) in [5, 5.41) is 2.72. The highest BCUT2D eigenvalue weighted by Crippen LogP contribution is 2.27. The Kier molecular flexibility index (Phi) is 7.72. The zero-order valence-corrected chi connectivity index (χ0v) is 19.7. The summed E-state index contributed by atoms with van der Waals surface area (Å²) in [5.74, 6) is 2.10. The molecule has 0 spiro atoms. The summed E-state index contributed by atoms with van der Waals surface area (Å²) in [6, 6.07) is 23.4. The van der Waals surface area contributed by atoms with Crippen molar-refractivity contribution in [1.82, 2.24) is 10.2 Å². The molecule has 8 heteroatoms. The number of nitrogens with two attached hydrogens (primary N) is 1. The van der Waals surface area contributed by atoms with Crippen molar-refractivity contribution in [2.24, 2.45) is 5.73 Å². The fourth-order valence-electron chi connectivity index (χ4n) is 4.15. The highest BCUT2D eigenvalue weighted by molar-refractivity contribution is 5.79. The van der Waals surface area contributed by atoms with E-state index >= 15 is 0 Å². The molecule has 35 heavy (non-hydrogen) atoms. The molecule has 8 nitrogen and oxygen atoms in total. The third-order valence-corrected chi connectivity index (χ3v) is 6.00. The van der Waals surface area contributed by atoms with Gasteiger partial charge in [0.1, 0.15) is 17.2 Å². The number of primary amides is 1. The molecule has 1 saturated heterocycles. The van der Waals surface area contributed by atoms with Crippen LogP contribution in [0.2, 0.25) is 0 Å². The molecule has 0 saturated carbocycles. The lowest BCUT2D eigenvalue weighted by Gasteiger charge is -2.36. The molecule has 0 aliphatic carbocycles. The quantitative estimate of drug-likeness (QED) is 0.516. The molecule has 0 aromatic heterocycles. The summed E-state index contributed by atoms with van der Waals surface area (Å²) in [6.45, 7) is 2.66. The largest absolute Gasteiger partial charge is 0.497 e. The van der Waals surface area contributed by atoms with Crippen LogP contribution in [0.3, 0.4) is 0 Å². The molecule has 0 unspecified atom stereocenters. The van der Waals surface area contributed by atoms with Crippen LogP contribution in [0.4, 0.5) is 10.5 Å². The molecule has 3 aromatic rings. The van der Waals surface area contributed by atoms with E-state index in [0.29, 0.717) is 24.6 Å². The predicted molar refractivity (Wildman–Crippen MR) is 135 cm³/mol. The molecule has 4 rings (SSSR count). The van der Waals surface area contributed by atoms with E-state index in [9.17, 15) is 9.59 Å². The Balaban J connectivity index is 1.39. The number of nitrogens with one attached hydrogen (secondary N) is 1. The molecule has 1 aliphatic rings. The van der Waals surface area contributed by atoms with E-state index in [-0.39, 0.29) is 12.3 Å². The number of carbonyl (C=O) groups excluding carboxylic acids is 2. The van der Waals surface area contributed by atoms with Crippen molar-refractivity contribution in [2.75, 3.05) is 38.2 Å². The van der Waals surface area contributed by atoms with Crippen LogP contribution in [0.1, 0.15) is 18.0 Å². The van der Waals surface area contributed by atoms with Gasteiger partial charge in [0.25, 0.3) is 0 Å². The first-order chi connectivity index (χ1) is 17.0. The number of benzene rings is 3. The van der Waals surface area contributed by atoms with E-state index in [4.69, 9.17) is 15.2 Å². The van der Waals surface area contributed by atoms with Crippen molar-refractivity contribution in [2.45, 2.75) is 12.5 Å². The predicted octanol–water partition coefficient (Wildman–Crippen LogP) is 3.94. The fourth-order valence-corrected chi connectivity index (χ4v) is 4.15. The van der Waals surface area contributed by atoms with Gasteiger partial charge in [-0.15, -0.1) is 0 Å². The van der Waals surface area contributed by atoms with Gasteiger partial charge in [-0.2, -0.15) is 0 Å². The summed E-state index contributed by atoms with van der Waals surface area (Å²) in [4.78, 5) is 28.9. The van der Waals surface area contributed by atoms with Crippen LogP contribution in [0.15, 0.2) is 78.9 Å². The van der Waals surface area contributed by atoms with Crippen LogP contribution in [0.25, 0.3) is 0 Å². The van der Waals surface area contributed by atoms with Gasteiger partial charge in [0.2, 0.25) is 5.91 Å². The zero-order chi connectivity index (χ0) is 24.6. The maximum absolute atomic E-state index is 13.1. The van der Waals surface area contributed by atoms with Crippen LogP contribution in [0, 0.1) is 0 Å². The van der Waals surface area contributed by atoms with E-state index in [2.05, 4.69) is 10.2 Å². The van der Waals surface area contributed by atoms with Crippen molar-refractivity contribution >= 4 is 17.6 Å². The lowest BCUT2D eigenvalue weighted by molar-refractivity contribution is -0.132. The topological polar surface area (TPSA) is 97.1 Å². The Morgan fingerprint density at radius 1 is 0.886 bits per heavy atom. The molecule has 1 fully saturated rings. The standard InChI is InChI=1S/C27H30N4O4/c1-34-22-12-10-21(11-13-22)30-14-16-31(17-15-30)26(32)19-25(29-27(28)33)20-6-5-9-24(18-20)35-23-7-3-2-4-8-23/h2-13,18,25H,14-17,19H2,1H3,(H3,28,29,33)/t25-/m0/s1. The highest BCUT2D eigenvalue weighted by Gasteiger charge is 2.25. The van der Waals surface area contributed by atoms with Crippen LogP contribution in [0.5, 0.6) is 17.2 Å². The van der Waals surface area contributed by atoms with Gasteiger partial charge in [0.05, 0.1) is 19.6 Å². The van der Waals surface area contributed by atoms with Crippen LogP contribution in [-0.2, 0) is 4.79 Å². The van der Waals surface area contributed by atoms with Crippen LogP contribution in [-0.4, -0.2) is 50.1 Å². The SMILES string of the molecule is COc1ccc(N2CCN(C(=O)C[C@H](NC(N)=O)c3cccc(Oc4ccccc4)c3)CC2)cc1. The molecule has 3 N–H and O–H groups in total. The van der Waals surface area contributed by atoms with Crippen LogP contribution >= 0.6 is 0 Å². The van der Waals surface area contributed by atoms with Gasteiger partial charge >= 0.3 is 6.03 Å². The number of anilines is 1. The number of piperazine rings is 1. The third-order valence-electron chi connectivity index (χ3n) is 6.00. The smallest absolute Gasteiger partial charge is 0.312 e. The molecule has 1 atom stereocenters. The van der Waals surface area contributed by atoms with Crippen molar-refractivity contribution in [3.05, 3.63) is 84.4 Å². The summed E-state index contributed by atoms with van der Waals surface area (Å²) < 4.78 is 11.1. The maximum atomic E-state index is 13.1. The van der Waals surface area contributed by atoms with Crippen LogP contribution < -0.4 is 25.4 Å². The average molecular weight is 475 g/mol. The number of urea groups is 1. The first-order valence-electron chi connectivity index (χ1n) is 11.6. The van der Waals surface area contributed by atoms with E-state index in [0.717, 1.165) is 30.1 Å². The lowest BCUT2D eigenvalue weighted by Crippen LogP contribution is -2.49. The minimum atomic E-state index is -0.679. The van der Waals surface area contributed by atoms with Gasteiger partial charge in [0, 0.05) is 31.9 Å². The Morgan fingerprint density at radius 2 is 1.57 bits per heavy atom. The Bertz CT molecular complexity index is 1130. The van der Waals surface area contributed by atoms with Gasteiger partial charge < -0.3 is 30.3 Å².